The number of thiol groups is 1. The van der Waals surface area contributed by atoms with Crippen LogP contribution in [0.25, 0.3) is 0 Å². The maximum absolute atomic E-state index is 4.34. The average Bonchev–Trinajstić information content (AvgIpc) is 2.19. The van der Waals surface area contributed by atoms with E-state index < -0.39 is 0 Å². The van der Waals surface area contributed by atoms with Gasteiger partial charge in [-0.3, -0.25) is 4.90 Å². The van der Waals surface area contributed by atoms with Crippen LogP contribution in [0.2, 0.25) is 0 Å². The lowest BCUT2D eigenvalue weighted by Gasteiger charge is -2.27. The molecule has 0 aromatic heterocycles. The number of rotatable bonds is 2. The van der Waals surface area contributed by atoms with E-state index in [0.717, 1.165) is 37.6 Å². The van der Waals surface area contributed by atoms with Crippen molar-refractivity contribution in [3.05, 3.63) is 29.8 Å². The topological polar surface area (TPSA) is 15.3 Å². The van der Waals surface area contributed by atoms with Crippen LogP contribution < -0.4 is 5.32 Å². The summed E-state index contributed by atoms with van der Waals surface area (Å²) in [5, 5.41) is 3.36. The highest BCUT2D eigenvalue weighted by Gasteiger charge is 2.09. The van der Waals surface area contributed by atoms with Crippen LogP contribution in [0, 0.1) is 0 Å². The highest BCUT2D eigenvalue weighted by molar-refractivity contribution is 7.80. The maximum atomic E-state index is 4.34. The van der Waals surface area contributed by atoms with E-state index in [1.54, 1.807) is 0 Å². The highest BCUT2D eigenvalue weighted by atomic mass is 32.1. The van der Waals surface area contributed by atoms with Crippen LogP contribution in [0.1, 0.15) is 5.56 Å². The zero-order chi connectivity index (χ0) is 9.80. The minimum Gasteiger partial charge on any atom is -0.314 e. The first-order chi connectivity index (χ1) is 6.84. The van der Waals surface area contributed by atoms with Crippen LogP contribution in [0.15, 0.2) is 29.2 Å². The van der Waals surface area contributed by atoms with Gasteiger partial charge in [-0.25, -0.2) is 0 Å². The smallest absolute Gasteiger partial charge is 0.0235 e. The Kier molecular flexibility index (Phi) is 3.45. The molecule has 0 bridgehead atoms. The largest absolute Gasteiger partial charge is 0.314 e. The van der Waals surface area contributed by atoms with E-state index in [9.17, 15) is 0 Å². The summed E-state index contributed by atoms with van der Waals surface area (Å²) >= 11 is 4.34. The normalized spacial score (nSPS) is 18.4. The molecule has 14 heavy (non-hydrogen) atoms. The standard InChI is InChI=1S/C11H16N2S/c14-11-3-1-2-10(8-11)9-13-6-4-12-5-7-13/h1-3,8,12,14H,4-7,9H2. The summed E-state index contributed by atoms with van der Waals surface area (Å²) in [5.41, 5.74) is 1.36. The van der Waals surface area contributed by atoms with E-state index in [1.807, 2.05) is 6.07 Å². The van der Waals surface area contributed by atoms with Gasteiger partial charge in [0, 0.05) is 37.6 Å². The molecule has 0 unspecified atom stereocenters. The average molecular weight is 208 g/mol. The van der Waals surface area contributed by atoms with Gasteiger partial charge in [-0.05, 0) is 17.7 Å². The Bertz CT molecular complexity index is 295. The van der Waals surface area contributed by atoms with Crippen LogP contribution >= 0.6 is 12.6 Å². The molecule has 3 heteroatoms. The SMILES string of the molecule is Sc1cccc(CN2CCNCC2)c1. The number of hydrogen-bond donors (Lipinski definition) is 2. The highest BCUT2D eigenvalue weighted by Crippen LogP contribution is 2.11. The summed E-state index contributed by atoms with van der Waals surface area (Å²) < 4.78 is 0. The van der Waals surface area contributed by atoms with Crippen molar-refractivity contribution in [1.82, 2.24) is 10.2 Å². The summed E-state index contributed by atoms with van der Waals surface area (Å²) in [5.74, 6) is 0. The predicted octanol–water partition coefficient (Wildman–Crippen LogP) is 1.38. The van der Waals surface area contributed by atoms with Crippen LogP contribution in [0.4, 0.5) is 0 Å². The molecule has 0 amide bonds. The summed E-state index contributed by atoms with van der Waals surface area (Å²) in [4.78, 5) is 3.52. The van der Waals surface area contributed by atoms with Gasteiger partial charge in [0.2, 0.25) is 0 Å². The van der Waals surface area contributed by atoms with E-state index in [4.69, 9.17) is 0 Å². The summed E-state index contributed by atoms with van der Waals surface area (Å²) in [6, 6.07) is 8.40. The third kappa shape index (κ3) is 2.74. The van der Waals surface area contributed by atoms with Gasteiger partial charge in [0.25, 0.3) is 0 Å². The van der Waals surface area contributed by atoms with Gasteiger partial charge in [0.15, 0.2) is 0 Å². The van der Waals surface area contributed by atoms with Crippen molar-refractivity contribution < 1.29 is 0 Å². The molecule has 1 N–H and O–H groups in total. The second-order valence-corrected chi connectivity index (χ2v) is 4.21. The fraction of sp³-hybridized carbons (Fsp3) is 0.455. The molecule has 0 spiro atoms. The van der Waals surface area contributed by atoms with Gasteiger partial charge in [0.1, 0.15) is 0 Å². The molecule has 76 valence electrons. The predicted molar refractivity (Wildman–Crippen MR) is 61.8 cm³/mol. The van der Waals surface area contributed by atoms with Crippen molar-refractivity contribution in [1.29, 1.82) is 0 Å². The number of nitrogens with zero attached hydrogens (tertiary/aromatic N) is 1. The van der Waals surface area contributed by atoms with Gasteiger partial charge < -0.3 is 5.32 Å². The summed E-state index contributed by atoms with van der Waals surface area (Å²) in [6.45, 7) is 5.57. The van der Waals surface area contributed by atoms with Gasteiger partial charge in [-0.1, -0.05) is 12.1 Å². The van der Waals surface area contributed by atoms with Crippen LogP contribution in [0.5, 0.6) is 0 Å². The van der Waals surface area contributed by atoms with E-state index >= 15 is 0 Å². The Morgan fingerprint density at radius 1 is 1.29 bits per heavy atom. The van der Waals surface area contributed by atoms with Crippen molar-refractivity contribution in [3.63, 3.8) is 0 Å². The molecule has 0 aliphatic carbocycles. The zero-order valence-corrected chi connectivity index (χ0v) is 9.13. The van der Waals surface area contributed by atoms with Gasteiger partial charge in [-0.15, -0.1) is 12.6 Å². The molecule has 2 rings (SSSR count). The Morgan fingerprint density at radius 3 is 2.79 bits per heavy atom. The molecule has 0 atom stereocenters. The van der Waals surface area contributed by atoms with Crippen molar-refractivity contribution in [2.75, 3.05) is 26.2 Å². The van der Waals surface area contributed by atoms with Crippen LogP contribution in [0.3, 0.4) is 0 Å². The second-order valence-electron chi connectivity index (χ2n) is 3.70. The molecule has 1 aliphatic rings. The second kappa shape index (κ2) is 4.82. The van der Waals surface area contributed by atoms with Crippen molar-refractivity contribution in [2.24, 2.45) is 0 Å². The monoisotopic (exact) mass is 208 g/mol. The van der Waals surface area contributed by atoms with Gasteiger partial charge in [0.05, 0.1) is 0 Å². The third-order valence-electron chi connectivity index (χ3n) is 2.53. The lowest BCUT2D eigenvalue weighted by molar-refractivity contribution is 0.233. The Balaban J connectivity index is 1.95. The fourth-order valence-electron chi connectivity index (χ4n) is 1.78. The fourth-order valence-corrected chi connectivity index (χ4v) is 2.03. The minimum absolute atomic E-state index is 1.05. The maximum Gasteiger partial charge on any atom is 0.0235 e. The van der Waals surface area contributed by atoms with Crippen LogP contribution in [-0.4, -0.2) is 31.1 Å². The lowest BCUT2D eigenvalue weighted by Crippen LogP contribution is -2.42. The quantitative estimate of drug-likeness (QED) is 0.714. The Hall–Kier alpha value is -0.510. The molecule has 2 nitrogen and oxygen atoms in total. The van der Waals surface area contributed by atoms with Crippen molar-refractivity contribution in [2.45, 2.75) is 11.4 Å². The van der Waals surface area contributed by atoms with Crippen molar-refractivity contribution in [3.8, 4) is 0 Å². The lowest BCUT2D eigenvalue weighted by atomic mass is 10.2. The third-order valence-corrected chi connectivity index (χ3v) is 2.80. The van der Waals surface area contributed by atoms with Crippen LogP contribution in [-0.2, 0) is 6.54 Å². The first kappa shape index (κ1) is 10.0. The molecule has 1 aromatic rings. The molecular formula is C11H16N2S. The van der Waals surface area contributed by atoms with E-state index in [0.29, 0.717) is 0 Å². The number of nitrogens with one attached hydrogen (secondary N) is 1. The molecule has 1 fully saturated rings. The first-order valence-electron chi connectivity index (χ1n) is 5.05. The molecular weight excluding hydrogens is 192 g/mol. The van der Waals surface area contributed by atoms with Gasteiger partial charge >= 0.3 is 0 Å². The molecule has 0 radical (unpaired) electrons. The van der Waals surface area contributed by atoms with E-state index in [-0.39, 0.29) is 0 Å². The molecule has 1 aromatic carbocycles. The molecule has 1 saturated heterocycles. The Labute approximate surface area is 90.7 Å². The molecule has 1 heterocycles. The van der Waals surface area contributed by atoms with Gasteiger partial charge in [-0.2, -0.15) is 0 Å². The number of hydrogen-bond acceptors (Lipinski definition) is 3. The Morgan fingerprint density at radius 2 is 2.07 bits per heavy atom. The molecule has 0 saturated carbocycles. The molecule has 1 aliphatic heterocycles. The summed E-state index contributed by atoms with van der Waals surface area (Å²) in [7, 11) is 0. The van der Waals surface area contributed by atoms with Crippen molar-refractivity contribution >= 4 is 12.6 Å². The van der Waals surface area contributed by atoms with E-state index in [1.165, 1.54) is 5.56 Å². The minimum atomic E-state index is 1.05. The summed E-state index contributed by atoms with van der Waals surface area (Å²) in [6.07, 6.45) is 0. The number of piperazine rings is 1. The zero-order valence-electron chi connectivity index (χ0n) is 8.24. The van der Waals surface area contributed by atoms with E-state index in [2.05, 4.69) is 41.0 Å². The first-order valence-corrected chi connectivity index (χ1v) is 5.50. The number of benzene rings is 1.